The number of carbonyl (C=O) groups excluding carboxylic acids is 1. The van der Waals surface area contributed by atoms with Crippen LogP contribution in [-0.2, 0) is 4.79 Å². The van der Waals surface area contributed by atoms with Gasteiger partial charge in [0, 0.05) is 18.2 Å². The number of hydrogen-bond donors (Lipinski definition) is 4. The molecule has 1 saturated carbocycles. The van der Waals surface area contributed by atoms with E-state index in [-0.39, 0.29) is 18.2 Å². The number of nitrogens with two attached hydrogens (primary N) is 1. The molecule has 1 fully saturated rings. The molecule has 5 N–H and O–H groups in total. The molecule has 29 heavy (non-hydrogen) atoms. The first kappa shape index (κ1) is 19.8. The topological polar surface area (TPSA) is 175 Å². The van der Waals surface area contributed by atoms with Crippen LogP contribution in [0.3, 0.4) is 0 Å². The van der Waals surface area contributed by atoms with E-state index in [0.717, 1.165) is 12.3 Å². The van der Waals surface area contributed by atoms with Gasteiger partial charge in [-0.2, -0.15) is 10.4 Å². The molecule has 0 saturated heterocycles. The van der Waals surface area contributed by atoms with Gasteiger partial charge >= 0.3 is 5.97 Å². The lowest BCUT2D eigenvalue weighted by Crippen LogP contribution is -2.18. The summed E-state index contributed by atoms with van der Waals surface area (Å²) in [5.41, 5.74) is 7.19. The Kier molecular flexibility index (Phi) is 6.03. The highest BCUT2D eigenvalue weighted by Crippen LogP contribution is 2.28. The number of fused-ring (bicyclic) bond motifs is 1. The van der Waals surface area contributed by atoms with E-state index in [1.807, 2.05) is 0 Å². The van der Waals surface area contributed by atoms with Gasteiger partial charge in [0.2, 0.25) is 5.95 Å². The van der Waals surface area contributed by atoms with Gasteiger partial charge in [-0.1, -0.05) is 6.42 Å². The molecule has 150 valence electrons. The van der Waals surface area contributed by atoms with E-state index < -0.39 is 11.9 Å². The molecule has 0 aromatic carbocycles. The number of carboxylic acids is 1. The summed E-state index contributed by atoms with van der Waals surface area (Å²) in [4.78, 5) is 26.4. The van der Waals surface area contributed by atoms with Crippen molar-refractivity contribution in [2.24, 2.45) is 11.7 Å². The molecule has 11 heteroatoms. The third kappa shape index (κ3) is 4.67. The van der Waals surface area contributed by atoms with E-state index in [1.54, 1.807) is 18.5 Å². The summed E-state index contributed by atoms with van der Waals surface area (Å²) in [5.74, 6) is -0.882. The Morgan fingerprint density at radius 3 is 2.72 bits per heavy atom. The highest BCUT2D eigenvalue weighted by Gasteiger charge is 2.17. The Hall–Kier alpha value is -3.94. The number of nitriles is 1. The lowest BCUT2D eigenvalue weighted by Gasteiger charge is -2.21. The average Bonchev–Trinajstić information content (AvgIpc) is 3.32. The van der Waals surface area contributed by atoms with E-state index in [1.165, 1.54) is 29.8 Å². The van der Waals surface area contributed by atoms with Crippen molar-refractivity contribution in [3.8, 4) is 17.3 Å². The zero-order chi connectivity index (χ0) is 20.8. The molecule has 11 nitrogen and oxygen atoms in total. The summed E-state index contributed by atoms with van der Waals surface area (Å²) < 4.78 is 1.32. The molecule has 3 heterocycles. The molecular formula is C18H20N8O3. The van der Waals surface area contributed by atoms with Crippen molar-refractivity contribution in [3.05, 3.63) is 30.2 Å². The molecule has 3 aromatic rings. The normalized spacial score (nSPS) is 13.1. The fraction of sp³-hybridized carbons (Fsp3) is 0.333. The predicted octanol–water partition coefficient (Wildman–Crippen LogP) is 1.41. The SMILES string of the molecule is N#CCC1CCC1.NC(=O)c1ccc2c(-c3cn[nH]c3)nc(NCC(=O)O)nn12. The summed E-state index contributed by atoms with van der Waals surface area (Å²) in [7, 11) is 0. The standard InChI is InChI=1S/C12H11N7O3.C6H9N/c13-11(22)8-2-1-7-10(6-3-15-16-4-6)17-12(18-19(7)8)14-5-9(20)21;7-5-4-6-2-1-3-6/h1-4H,5H2,(H2,13,22)(H,14,18)(H,15,16)(H,20,21);6H,1-4H2. The lowest BCUT2D eigenvalue weighted by atomic mass is 9.84. The number of carbonyl (C=O) groups is 2. The molecule has 3 aromatic heterocycles. The number of aromatic amines is 1. The fourth-order valence-corrected chi connectivity index (χ4v) is 2.83. The number of nitrogens with zero attached hydrogens (tertiary/aromatic N) is 5. The van der Waals surface area contributed by atoms with Crippen LogP contribution >= 0.6 is 0 Å². The zero-order valence-electron chi connectivity index (χ0n) is 15.5. The maximum Gasteiger partial charge on any atom is 0.322 e. The zero-order valence-corrected chi connectivity index (χ0v) is 15.5. The maximum absolute atomic E-state index is 11.5. The summed E-state index contributed by atoms with van der Waals surface area (Å²) in [6.45, 7) is -0.358. The van der Waals surface area contributed by atoms with Crippen molar-refractivity contribution in [3.63, 3.8) is 0 Å². The Morgan fingerprint density at radius 1 is 1.41 bits per heavy atom. The second-order valence-electron chi connectivity index (χ2n) is 6.56. The van der Waals surface area contributed by atoms with Gasteiger partial charge in [0.15, 0.2) is 0 Å². The van der Waals surface area contributed by atoms with Gasteiger partial charge in [-0.15, -0.1) is 5.10 Å². The number of aromatic nitrogens is 5. The van der Waals surface area contributed by atoms with Crippen LogP contribution < -0.4 is 11.1 Å². The third-order valence-corrected chi connectivity index (χ3v) is 4.54. The first-order valence-electron chi connectivity index (χ1n) is 9.01. The van der Waals surface area contributed by atoms with Crippen LogP contribution in [0.1, 0.15) is 36.2 Å². The second kappa shape index (κ2) is 8.83. The molecule has 4 rings (SSSR count). The number of carboxylic acid groups (broad SMARTS) is 1. The van der Waals surface area contributed by atoms with Gasteiger partial charge in [-0.05, 0) is 30.9 Å². The monoisotopic (exact) mass is 396 g/mol. The summed E-state index contributed by atoms with van der Waals surface area (Å²) >= 11 is 0. The van der Waals surface area contributed by atoms with E-state index in [9.17, 15) is 9.59 Å². The van der Waals surface area contributed by atoms with E-state index in [2.05, 4.69) is 31.7 Å². The summed E-state index contributed by atoms with van der Waals surface area (Å²) in [6, 6.07) is 5.35. The van der Waals surface area contributed by atoms with Crippen LogP contribution in [-0.4, -0.2) is 48.3 Å². The van der Waals surface area contributed by atoms with Gasteiger partial charge in [0.25, 0.3) is 5.91 Å². The van der Waals surface area contributed by atoms with Gasteiger partial charge in [-0.3, -0.25) is 14.7 Å². The second-order valence-corrected chi connectivity index (χ2v) is 6.56. The first-order chi connectivity index (χ1) is 14.0. The molecular weight excluding hydrogens is 376 g/mol. The number of hydrogen-bond acceptors (Lipinski definition) is 7. The molecule has 0 bridgehead atoms. The predicted molar refractivity (Wildman–Crippen MR) is 103 cm³/mol. The molecule has 0 radical (unpaired) electrons. The van der Waals surface area contributed by atoms with Crippen molar-refractivity contribution in [1.29, 1.82) is 5.26 Å². The third-order valence-electron chi connectivity index (χ3n) is 4.54. The number of nitrogens with one attached hydrogen (secondary N) is 2. The highest BCUT2D eigenvalue weighted by molar-refractivity contribution is 5.93. The van der Waals surface area contributed by atoms with Crippen molar-refractivity contribution >= 4 is 23.3 Å². The minimum Gasteiger partial charge on any atom is -0.480 e. The molecule has 0 atom stereocenters. The van der Waals surface area contributed by atoms with Crippen LogP contribution in [0, 0.1) is 17.2 Å². The van der Waals surface area contributed by atoms with E-state index >= 15 is 0 Å². The van der Waals surface area contributed by atoms with Crippen LogP contribution in [0.5, 0.6) is 0 Å². The van der Waals surface area contributed by atoms with Crippen LogP contribution in [0.2, 0.25) is 0 Å². The van der Waals surface area contributed by atoms with Crippen molar-refractivity contribution < 1.29 is 14.7 Å². The highest BCUT2D eigenvalue weighted by atomic mass is 16.4. The number of anilines is 1. The largest absolute Gasteiger partial charge is 0.480 e. The number of amides is 1. The molecule has 0 spiro atoms. The smallest absolute Gasteiger partial charge is 0.322 e. The van der Waals surface area contributed by atoms with Gasteiger partial charge in [-0.25, -0.2) is 9.50 Å². The van der Waals surface area contributed by atoms with Gasteiger partial charge in [0.05, 0.1) is 17.8 Å². The lowest BCUT2D eigenvalue weighted by molar-refractivity contribution is -0.134. The number of primary amides is 1. The quantitative estimate of drug-likeness (QED) is 0.483. The number of rotatable bonds is 6. The molecule has 1 aliphatic carbocycles. The molecule has 1 amide bonds. The summed E-state index contributed by atoms with van der Waals surface area (Å²) in [5, 5.41) is 30.1. The fourth-order valence-electron chi connectivity index (χ4n) is 2.83. The Bertz CT molecular complexity index is 1050. The average molecular weight is 396 g/mol. The van der Waals surface area contributed by atoms with E-state index in [4.69, 9.17) is 16.1 Å². The van der Waals surface area contributed by atoms with Crippen LogP contribution in [0.4, 0.5) is 5.95 Å². The maximum atomic E-state index is 11.5. The Labute approximate surface area is 165 Å². The summed E-state index contributed by atoms with van der Waals surface area (Å²) in [6.07, 6.45) is 7.92. The number of H-pyrrole nitrogens is 1. The van der Waals surface area contributed by atoms with Crippen molar-refractivity contribution in [2.45, 2.75) is 25.7 Å². The molecule has 0 unspecified atom stereocenters. The first-order valence-corrected chi connectivity index (χ1v) is 9.01. The minimum absolute atomic E-state index is 0.0600. The Balaban J connectivity index is 0.000000290. The molecule has 1 aliphatic rings. The van der Waals surface area contributed by atoms with Gasteiger partial charge in [0.1, 0.15) is 17.9 Å². The van der Waals surface area contributed by atoms with Crippen molar-refractivity contribution in [1.82, 2.24) is 24.8 Å². The number of aliphatic carboxylic acids is 1. The van der Waals surface area contributed by atoms with Gasteiger partial charge < -0.3 is 16.2 Å². The van der Waals surface area contributed by atoms with Crippen molar-refractivity contribution in [2.75, 3.05) is 11.9 Å². The molecule has 0 aliphatic heterocycles. The minimum atomic E-state index is -1.06. The van der Waals surface area contributed by atoms with Crippen LogP contribution in [0.25, 0.3) is 16.8 Å². The Morgan fingerprint density at radius 2 is 2.21 bits per heavy atom. The van der Waals surface area contributed by atoms with Crippen LogP contribution in [0.15, 0.2) is 24.5 Å². The van der Waals surface area contributed by atoms with E-state index in [0.29, 0.717) is 16.8 Å².